The average molecular weight is 404 g/mol. The minimum Gasteiger partial charge on any atom is -0.467 e. The minimum absolute atomic E-state index is 0.203. The van der Waals surface area contributed by atoms with Gasteiger partial charge < -0.3 is 19.9 Å². The molecule has 0 aliphatic heterocycles. The number of esters is 1. The molecule has 2 unspecified atom stereocenters. The number of carbonyl (C=O) groups excluding carboxylic acids is 4. The molecule has 0 aromatic heterocycles. The summed E-state index contributed by atoms with van der Waals surface area (Å²) < 4.78 is 5.27. The highest BCUT2D eigenvalue weighted by atomic mass is 16.5. The van der Waals surface area contributed by atoms with Crippen LogP contribution in [0.3, 0.4) is 0 Å². The van der Waals surface area contributed by atoms with Gasteiger partial charge in [-0.1, -0.05) is 19.1 Å². The van der Waals surface area contributed by atoms with Gasteiger partial charge in [0.1, 0.15) is 6.04 Å². The summed E-state index contributed by atoms with van der Waals surface area (Å²) in [6, 6.07) is 5.40. The Kier molecular flexibility index (Phi) is 7.50. The number of hydrogen-bond acceptors (Lipinski definition) is 5. The molecule has 3 atom stereocenters. The molecule has 158 valence electrons. The van der Waals surface area contributed by atoms with E-state index >= 15 is 0 Å². The van der Waals surface area contributed by atoms with Gasteiger partial charge in [-0.15, -0.1) is 0 Å². The Morgan fingerprint density at radius 2 is 1.93 bits per heavy atom. The zero-order chi connectivity index (χ0) is 21.6. The summed E-state index contributed by atoms with van der Waals surface area (Å²) in [5, 5.41) is 5.11. The largest absolute Gasteiger partial charge is 0.467 e. The van der Waals surface area contributed by atoms with E-state index in [1.807, 2.05) is 14.1 Å². The lowest BCUT2D eigenvalue weighted by molar-refractivity contribution is -0.884. The number of ether oxygens (including phenoxy) is 1. The van der Waals surface area contributed by atoms with Crippen molar-refractivity contribution in [1.82, 2.24) is 5.32 Å². The number of benzene rings is 1. The van der Waals surface area contributed by atoms with Gasteiger partial charge in [0.05, 0.1) is 33.4 Å². The predicted molar refractivity (Wildman–Crippen MR) is 108 cm³/mol. The Bertz CT molecular complexity index is 777. The van der Waals surface area contributed by atoms with E-state index < -0.39 is 12.0 Å². The average Bonchev–Trinajstić information content (AvgIpc) is 3.33. The topological polar surface area (TPSA) is 102 Å². The second-order valence-corrected chi connectivity index (χ2v) is 8.33. The molecule has 1 aromatic carbocycles. The molecular weight excluding hydrogens is 374 g/mol. The van der Waals surface area contributed by atoms with Crippen molar-refractivity contribution in [2.24, 2.45) is 11.8 Å². The molecule has 1 saturated carbocycles. The third-order valence-corrected chi connectivity index (χ3v) is 5.23. The number of methoxy groups -OCH3 is 1. The van der Waals surface area contributed by atoms with E-state index in [0.717, 1.165) is 6.54 Å². The standard InChI is InChI=1S/C21H29N3O5/c1-14-9-15(14)11-24(2,3)12-20(27)23-18(21(28)29-4)10-19(26)16-7-5-6-8-17(16)22-13-25/h5-8,13-15,18H,9-12H2,1-4H3,(H-,22,23,25,26,27)/p+1/t14?,15-,18?/m1/s1. The fraction of sp³-hybridized carbons (Fsp3) is 0.524. The maximum absolute atomic E-state index is 12.7. The van der Waals surface area contributed by atoms with E-state index in [2.05, 4.69) is 17.6 Å². The number of amides is 2. The van der Waals surface area contributed by atoms with Gasteiger partial charge in [-0.25, -0.2) is 4.79 Å². The zero-order valence-electron chi connectivity index (χ0n) is 17.4. The molecule has 2 amide bonds. The van der Waals surface area contributed by atoms with Crippen LogP contribution in [0.15, 0.2) is 24.3 Å². The predicted octanol–water partition coefficient (Wildman–Crippen LogP) is 1.22. The van der Waals surface area contributed by atoms with Gasteiger partial charge in [0, 0.05) is 17.9 Å². The summed E-state index contributed by atoms with van der Waals surface area (Å²) in [4.78, 5) is 48.2. The van der Waals surface area contributed by atoms with E-state index in [9.17, 15) is 19.2 Å². The highest BCUT2D eigenvalue weighted by molar-refractivity contribution is 6.04. The van der Waals surface area contributed by atoms with Crippen molar-refractivity contribution in [3.8, 4) is 0 Å². The maximum atomic E-state index is 12.7. The second kappa shape index (κ2) is 9.65. The summed E-state index contributed by atoms with van der Waals surface area (Å²) in [6.45, 7) is 3.29. The number of nitrogens with one attached hydrogen (secondary N) is 2. The van der Waals surface area contributed by atoms with Crippen molar-refractivity contribution in [1.29, 1.82) is 0 Å². The SMILES string of the molecule is COC(=O)C(CC(=O)c1ccccc1NC=O)NC(=O)C[N+](C)(C)C[C@H]1CC1C. The smallest absolute Gasteiger partial charge is 0.328 e. The molecule has 29 heavy (non-hydrogen) atoms. The number of likely N-dealkylation sites (N-methyl/N-ethyl adjacent to an activating group) is 1. The van der Waals surface area contributed by atoms with Gasteiger partial charge >= 0.3 is 5.97 Å². The fourth-order valence-corrected chi connectivity index (χ4v) is 3.53. The van der Waals surface area contributed by atoms with Gasteiger partial charge in [-0.3, -0.25) is 14.4 Å². The molecular formula is C21H30N3O5+. The first kappa shape index (κ1) is 22.5. The highest BCUT2D eigenvalue weighted by Crippen LogP contribution is 2.38. The zero-order valence-corrected chi connectivity index (χ0v) is 17.4. The van der Waals surface area contributed by atoms with Crippen molar-refractivity contribution < 1.29 is 28.4 Å². The van der Waals surface area contributed by atoms with Gasteiger partial charge in [-0.05, 0) is 24.5 Å². The number of anilines is 1. The third-order valence-electron chi connectivity index (χ3n) is 5.23. The number of ketones is 1. The Hall–Kier alpha value is -2.74. The first-order chi connectivity index (χ1) is 13.7. The van der Waals surface area contributed by atoms with E-state index in [0.29, 0.717) is 28.4 Å². The molecule has 8 heteroatoms. The van der Waals surface area contributed by atoms with Crippen molar-refractivity contribution in [3.05, 3.63) is 29.8 Å². The number of rotatable bonds is 11. The van der Waals surface area contributed by atoms with Gasteiger partial charge in [-0.2, -0.15) is 0 Å². The Labute approximate surface area is 171 Å². The van der Waals surface area contributed by atoms with Gasteiger partial charge in [0.15, 0.2) is 12.3 Å². The number of nitrogens with zero attached hydrogens (tertiary/aromatic N) is 1. The van der Waals surface area contributed by atoms with Crippen LogP contribution in [0.4, 0.5) is 5.69 Å². The fourth-order valence-electron chi connectivity index (χ4n) is 3.53. The summed E-state index contributed by atoms with van der Waals surface area (Å²) in [6.07, 6.45) is 1.40. The van der Waals surface area contributed by atoms with Crippen molar-refractivity contribution in [3.63, 3.8) is 0 Å². The first-order valence-electron chi connectivity index (χ1n) is 9.68. The van der Waals surface area contributed by atoms with Gasteiger partial charge in [0.2, 0.25) is 6.41 Å². The van der Waals surface area contributed by atoms with Crippen LogP contribution in [0.2, 0.25) is 0 Å². The van der Waals surface area contributed by atoms with Crippen LogP contribution >= 0.6 is 0 Å². The van der Waals surface area contributed by atoms with Crippen molar-refractivity contribution in [2.45, 2.75) is 25.8 Å². The summed E-state index contributed by atoms with van der Waals surface area (Å²) in [5.74, 6) is -0.0702. The van der Waals surface area contributed by atoms with E-state index in [1.165, 1.54) is 13.5 Å². The molecule has 2 rings (SSSR count). The van der Waals surface area contributed by atoms with E-state index in [1.54, 1.807) is 24.3 Å². The number of quaternary nitrogens is 1. The molecule has 1 aliphatic carbocycles. The third kappa shape index (κ3) is 6.67. The Balaban J connectivity index is 2.03. The molecule has 0 spiro atoms. The lowest BCUT2D eigenvalue weighted by Crippen LogP contribution is -2.52. The highest BCUT2D eigenvalue weighted by Gasteiger charge is 2.39. The number of hydrogen-bond donors (Lipinski definition) is 2. The molecule has 8 nitrogen and oxygen atoms in total. The monoisotopic (exact) mass is 404 g/mol. The van der Waals surface area contributed by atoms with Crippen LogP contribution < -0.4 is 10.6 Å². The van der Waals surface area contributed by atoms with Crippen LogP contribution in [0.5, 0.6) is 0 Å². The quantitative estimate of drug-likeness (QED) is 0.250. The second-order valence-electron chi connectivity index (χ2n) is 8.33. The molecule has 0 saturated heterocycles. The molecule has 0 bridgehead atoms. The van der Waals surface area contributed by atoms with Crippen molar-refractivity contribution >= 4 is 29.8 Å². The van der Waals surface area contributed by atoms with Gasteiger partial charge in [0.25, 0.3) is 5.91 Å². The molecule has 1 fully saturated rings. The molecule has 1 aliphatic rings. The number of carbonyl (C=O) groups is 4. The van der Waals surface area contributed by atoms with Crippen LogP contribution in [0.1, 0.15) is 30.1 Å². The van der Waals surface area contributed by atoms with Crippen LogP contribution in [-0.2, 0) is 19.1 Å². The van der Waals surface area contributed by atoms with E-state index in [-0.39, 0.29) is 30.2 Å². The van der Waals surface area contributed by atoms with Crippen molar-refractivity contribution in [2.75, 3.05) is 39.6 Å². The Morgan fingerprint density at radius 3 is 2.52 bits per heavy atom. The Morgan fingerprint density at radius 1 is 1.28 bits per heavy atom. The lowest BCUT2D eigenvalue weighted by Gasteiger charge is -2.30. The van der Waals surface area contributed by atoms with Crippen LogP contribution in [0, 0.1) is 11.8 Å². The summed E-state index contributed by atoms with van der Waals surface area (Å²) in [7, 11) is 5.16. The van der Waals surface area contributed by atoms with Crippen LogP contribution in [-0.4, -0.2) is 68.9 Å². The minimum atomic E-state index is -1.09. The molecule has 0 heterocycles. The lowest BCUT2D eigenvalue weighted by atomic mass is 10.0. The molecule has 2 N–H and O–H groups in total. The normalized spacial score (nSPS) is 19.0. The first-order valence-corrected chi connectivity index (χ1v) is 9.68. The van der Waals surface area contributed by atoms with Crippen LogP contribution in [0.25, 0.3) is 0 Å². The maximum Gasteiger partial charge on any atom is 0.328 e. The van der Waals surface area contributed by atoms with E-state index in [4.69, 9.17) is 4.74 Å². The summed E-state index contributed by atoms with van der Waals surface area (Å²) in [5.41, 5.74) is 0.611. The summed E-state index contributed by atoms with van der Waals surface area (Å²) >= 11 is 0. The number of Topliss-reactive ketones (excluding diaryl/α,β-unsaturated/α-hetero) is 1. The number of para-hydroxylation sites is 1. The molecule has 0 radical (unpaired) electrons. The molecule has 1 aromatic rings.